The second kappa shape index (κ2) is 9.87. The second-order valence-electron chi connectivity index (χ2n) is 4.45. The van der Waals surface area contributed by atoms with Crippen LogP contribution >= 0.6 is 0 Å². The molecule has 0 radical (unpaired) electrons. The molecule has 1 aliphatic heterocycles. The molecular weight excluding hydrogens is 370 g/mol. The molecule has 94 valence electrons. The van der Waals surface area contributed by atoms with Crippen LogP contribution in [0.25, 0.3) is 0 Å². The van der Waals surface area contributed by atoms with Crippen molar-refractivity contribution < 1.29 is 60.9 Å². The third kappa shape index (κ3) is 10.6. The van der Waals surface area contributed by atoms with Gasteiger partial charge in [-0.3, -0.25) is 0 Å². The maximum Gasteiger partial charge on any atom is 4.00 e. The fraction of sp³-hybridized carbons (Fsp3) is 0.400. The van der Waals surface area contributed by atoms with Crippen LogP contribution < -0.4 is 24.8 Å². The Labute approximate surface area is 138 Å². The molecule has 2 aliphatic rings. The van der Waals surface area contributed by atoms with Gasteiger partial charge in [-0.05, 0) is 9.52 Å². The van der Waals surface area contributed by atoms with Gasteiger partial charge >= 0.3 is 26.2 Å². The molecule has 0 atom stereocenters. The molecule has 2 rings (SSSR count). The molecule has 2 nitrogen and oxygen atoms in total. The van der Waals surface area contributed by atoms with E-state index < -0.39 is 8.07 Å². The topological polar surface area (TPSA) is 37.3 Å². The number of carbonyl (C=O) groups is 1. The summed E-state index contributed by atoms with van der Waals surface area (Å²) in [7, 11) is -1.15. The first-order chi connectivity index (χ1) is 6.42. The Morgan fingerprint density at radius 3 is 2.12 bits per heavy atom. The maximum absolute atomic E-state index is 10.3. The maximum atomic E-state index is 10.3. The average molecular weight is 387 g/mol. The van der Waals surface area contributed by atoms with Crippen molar-refractivity contribution >= 4 is 23.4 Å². The SMILES string of the molecule is O=C1[C-]=C2[SiH2]C2=C1.[CH2-][Si](C)(C)CCO.[Cl-].[Cl-].[Zr+4]. The molecule has 0 aromatic rings. The summed E-state index contributed by atoms with van der Waals surface area (Å²) in [6.45, 7) is 8.53. The fourth-order valence-electron chi connectivity index (χ4n) is 1.05. The number of aliphatic hydroxyl groups excluding tert-OH is 1. The van der Waals surface area contributed by atoms with Crippen LogP contribution in [0.4, 0.5) is 0 Å². The molecule has 0 amide bonds. The molecule has 7 heteroatoms. The summed E-state index contributed by atoms with van der Waals surface area (Å²) < 4.78 is 0. The second-order valence-corrected chi connectivity index (χ2v) is 11.1. The fourth-order valence-corrected chi connectivity index (χ4v) is 2.69. The van der Waals surface area contributed by atoms with E-state index >= 15 is 0 Å². The number of rotatable bonds is 2. The minimum absolute atomic E-state index is 0. The summed E-state index contributed by atoms with van der Waals surface area (Å²) in [6.07, 6.45) is 4.45. The van der Waals surface area contributed by atoms with Gasteiger partial charge in [0, 0.05) is 6.61 Å². The normalized spacial score (nSPS) is 16.1. The van der Waals surface area contributed by atoms with E-state index in [0.29, 0.717) is 6.61 Å². The molecule has 1 N–H and O–H groups in total. The van der Waals surface area contributed by atoms with Gasteiger partial charge in [-0.1, -0.05) is 27.2 Å². The molecule has 0 aromatic carbocycles. The monoisotopic (exact) mass is 384 g/mol. The molecule has 1 aliphatic carbocycles. The third-order valence-electron chi connectivity index (χ3n) is 2.00. The summed E-state index contributed by atoms with van der Waals surface area (Å²) in [5.74, 6) is 0.0868. The first-order valence-corrected chi connectivity index (χ1v) is 9.59. The Kier molecular flexibility index (Phi) is 13.4. The van der Waals surface area contributed by atoms with E-state index in [0.717, 1.165) is 6.04 Å². The van der Waals surface area contributed by atoms with Crippen molar-refractivity contribution in [2.24, 2.45) is 0 Å². The standard InChI is InChI=1S/C5H3OSi.C5H13OSi.2ClH.Zr/c6-3-1-4-5(2-3)7-4;1-7(2,3)5-4-6;;;/h1H,7H2;6H,1,4-5H2,2-3H3;2*1H;/q2*-1;;;+4/p-2. The van der Waals surface area contributed by atoms with E-state index in [1.54, 1.807) is 6.08 Å². The van der Waals surface area contributed by atoms with Crippen molar-refractivity contribution in [2.45, 2.75) is 19.1 Å². The summed E-state index contributed by atoms with van der Waals surface area (Å²) in [4.78, 5) is 10.3. The summed E-state index contributed by atoms with van der Waals surface area (Å²) in [5.41, 5.74) is 0. The molecular formula is C10H16Cl2O2Si2Zr. The van der Waals surface area contributed by atoms with E-state index in [4.69, 9.17) is 5.11 Å². The van der Waals surface area contributed by atoms with Gasteiger partial charge in [-0.2, -0.15) is 11.3 Å². The number of fused-ring (bicyclic) bond motifs is 1. The van der Waals surface area contributed by atoms with E-state index in [1.165, 1.54) is 10.4 Å². The van der Waals surface area contributed by atoms with Crippen LogP contribution in [0, 0.1) is 12.6 Å². The van der Waals surface area contributed by atoms with E-state index in [1.807, 2.05) is 0 Å². The minimum atomic E-state index is -1.16. The number of halogens is 2. The molecule has 0 saturated carbocycles. The first-order valence-electron chi connectivity index (χ1n) is 4.76. The zero-order valence-corrected chi connectivity index (χ0v) is 16.4. The summed E-state index contributed by atoms with van der Waals surface area (Å²) >= 11 is 0. The largest absolute Gasteiger partial charge is 4.00 e. The van der Waals surface area contributed by atoms with Gasteiger partial charge in [0.05, 0.1) is 5.78 Å². The Morgan fingerprint density at radius 2 is 2.00 bits per heavy atom. The predicted molar refractivity (Wildman–Crippen MR) is 63.1 cm³/mol. The van der Waals surface area contributed by atoms with Crippen LogP contribution in [0.3, 0.4) is 0 Å². The van der Waals surface area contributed by atoms with Crippen LogP contribution in [0.2, 0.25) is 19.1 Å². The van der Waals surface area contributed by atoms with Crippen molar-refractivity contribution in [1.82, 2.24) is 0 Å². The minimum Gasteiger partial charge on any atom is -1.00 e. The van der Waals surface area contributed by atoms with Crippen molar-refractivity contribution in [3.63, 3.8) is 0 Å². The van der Waals surface area contributed by atoms with Crippen LogP contribution in [0.15, 0.2) is 16.5 Å². The molecule has 1 fully saturated rings. The van der Waals surface area contributed by atoms with Gasteiger partial charge in [-0.25, -0.2) is 5.20 Å². The van der Waals surface area contributed by atoms with Gasteiger partial charge in [-0.15, -0.1) is 6.08 Å². The molecule has 17 heavy (non-hydrogen) atoms. The Morgan fingerprint density at radius 1 is 1.47 bits per heavy atom. The van der Waals surface area contributed by atoms with Gasteiger partial charge in [0.25, 0.3) is 0 Å². The predicted octanol–water partition coefficient (Wildman–Crippen LogP) is -5.61. The van der Waals surface area contributed by atoms with Crippen LogP contribution in [-0.2, 0) is 31.0 Å². The molecule has 0 unspecified atom stereocenters. The van der Waals surface area contributed by atoms with Crippen molar-refractivity contribution in [2.75, 3.05) is 6.61 Å². The van der Waals surface area contributed by atoms with E-state index in [-0.39, 0.29) is 66.3 Å². The van der Waals surface area contributed by atoms with Gasteiger partial charge < -0.3 is 41.3 Å². The summed E-state index contributed by atoms with van der Waals surface area (Å²) in [6, 6.07) is 0.924. The van der Waals surface area contributed by atoms with Crippen molar-refractivity contribution in [1.29, 1.82) is 0 Å². The third-order valence-corrected chi connectivity index (χ3v) is 5.07. The Hall–Kier alpha value is 1.01. The molecule has 0 spiro atoms. The van der Waals surface area contributed by atoms with Crippen molar-refractivity contribution in [3.8, 4) is 0 Å². The van der Waals surface area contributed by atoms with Gasteiger partial charge in [0.15, 0.2) is 0 Å². The van der Waals surface area contributed by atoms with Crippen LogP contribution in [-0.4, -0.2) is 35.1 Å². The molecule has 0 aromatic heterocycles. The molecule has 0 bridgehead atoms. The van der Waals surface area contributed by atoms with Crippen LogP contribution in [0.1, 0.15) is 0 Å². The van der Waals surface area contributed by atoms with E-state index in [9.17, 15) is 4.79 Å². The smallest absolute Gasteiger partial charge is 1.00 e. The van der Waals surface area contributed by atoms with E-state index in [2.05, 4.69) is 25.7 Å². The zero-order valence-electron chi connectivity index (χ0n) is 10.0. The molecule has 1 saturated heterocycles. The first kappa shape index (κ1) is 23.1. The molecule has 1 heterocycles. The summed E-state index contributed by atoms with van der Waals surface area (Å²) in [5, 5.41) is 11.0. The number of allylic oxidation sites excluding steroid dienone is 4. The number of hydrogen-bond donors (Lipinski definition) is 1. The number of ketones is 1. The van der Waals surface area contributed by atoms with Gasteiger partial charge in [0.1, 0.15) is 0 Å². The Bertz CT molecular complexity index is 292. The number of hydrogen-bond acceptors (Lipinski definition) is 2. The average Bonchev–Trinajstić information content (AvgIpc) is 2.58. The number of carbonyl (C=O) groups excluding carboxylic acids is 1. The Balaban J connectivity index is -0.000000196. The van der Waals surface area contributed by atoms with Crippen LogP contribution in [0.5, 0.6) is 0 Å². The zero-order chi connectivity index (χ0) is 10.8. The van der Waals surface area contributed by atoms with Crippen molar-refractivity contribution in [3.05, 3.63) is 29.1 Å². The number of aliphatic hydroxyl groups is 1. The van der Waals surface area contributed by atoms with Gasteiger partial charge in [0.2, 0.25) is 0 Å². The quantitative estimate of drug-likeness (QED) is 0.380.